The van der Waals surface area contributed by atoms with E-state index in [2.05, 4.69) is 26.3 Å². The van der Waals surface area contributed by atoms with Crippen LogP contribution in [0.5, 0.6) is 0 Å². The molecule has 3 N–H and O–H groups in total. The van der Waals surface area contributed by atoms with Gasteiger partial charge in [-0.2, -0.15) is 0 Å². The summed E-state index contributed by atoms with van der Waals surface area (Å²) in [5, 5.41) is -0.406. The summed E-state index contributed by atoms with van der Waals surface area (Å²) in [6.45, 7) is 0. The molecule has 2 atom stereocenters. The Morgan fingerprint density at radius 2 is 2.26 bits per heavy atom. The molecule has 1 aromatic rings. The third kappa shape index (κ3) is 3.75. The second kappa shape index (κ2) is 6.30. The quantitative estimate of drug-likeness (QED) is 0.631. The lowest BCUT2D eigenvalue weighted by Crippen LogP contribution is -2.50. The minimum atomic E-state index is -3.04. The normalized spacial score (nSPS) is 24.0. The number of aromatic nitrogens is 1. The van der Waals surface area contributed by atoms with E-state index in [1.165, 1.54) is 0 Å². The Morgan fingerprint density at radius 3 is 2.84 bits per heavy atom. The zero-order chi connectivity index (χ0) is 13.9. The summed E-state index contributed by atoms with van der Waals surface area (Å²) < 4.78 is 25.1. The molecular formula is C12H18BrN3O2S. The van der Waals surface area contributed by atoms with Crippen LogP contribution in [0.4, 0.5) is 0 Å². The van der Waals surface area contributed by atoms with Crippen LogP contribution in [0.25, 0.3) is 0 Å². The highest BCUT2D eigenvalue weighted by Crippen LogP contribution is 2.23. The summed E-state index contributed by atoms with van der Waals surface area (Å²) in [7, 11) is -3.04. The van der Waals surface area contributed by atoms with Crippen LogP contribution in [0.2, 0.25) is 0 Å². The molecule has 2 heterocycles. The van der Waals surface area contributed by atoms with Crippen LogP contribution in [-0.2, 0) is 16.3 Å². The molecule has 1 saturated heterocycles. The van der Waals surface area contributed by atoms with Gasteiger partial charge in [0.2, 0.25) is 0 Å². The van der Waals surface area contributed by atoms with Gasteiger partial charge in [0.05, 0.1) is 11.0 Å². The predicted octanol–water partition coefficient (Wildman–Crippen LogP) is 1.19. The van der Waals surface area contributed by atoms with Gasteiger partial charge in [-0.25, -0.2) is 8.42 Å². The Balaban J connectivity index is 2.13. The van der Waals surface area contributed by atoms with Crippen molar-refractivity contribution in [3.05, 3.63) is 28.5 Å². The average Bonchev–Trinajstić information content (AvgIpc) is 2.38. The topological polar surface area (TPSA) is 85.1 Å². The van der Waals surface area contributed by atoms with E-state index in [4.69, 9.17) is 5.84 Å². The van der Waals surface area contributed by atoms with Gasteiger partial charge in [-0.3, -0.25) is 16.3 Å². The third-order valence-corrected chi connectivity index (χ3v) is 6.32. The van der Waals surface area contributed by atoms with E-state index in [1.54, 1.807) is 6.20 Å². The van der Waals surface area contributed by atoms with Gasteiger partial charge in [0.1, 0.15) is 0 Å². The SMILES string of the molecule is NNC(Cc1ccc(Br)cn1)C1CCCCS1(=O)=O. The second-order valence-electron chi connectivity index (χ2n) is 4.85. The van der Waals surface area contributed by atoms with E-state index in [0.29, 0.717) is 12.8 Å². The Labute approximate surface area is 122 Å². The number of sulfone groups is 1. The number of pyridine rings is 1. The first kappa shape index (κ1) is 14.9. The Morgan fingerprint density at radius 1 is 1.47 bits per heavy atom. The first-order chi connectivity index (χ1) is 9.03. The van der Waals surface area contributed by atoms with Gasteiger partial charge in [-0.1, -0.05) is 6.42 Å². The Hall–Kier alpha value is -0.500. The summed E-state index contributed by atoms with van der Waals surface area (Å²) in [5.74, 6) is 5.82. The molecule has 2 rings (SSSR count). The zero-order valence-electron chi connectivity index (χ0n) is 10.5. The number of hydrogen-bond acceptors (Lipinski definition) is 5. The summed E-state index contributed by atoms with van der Waals surface area (Å²) >= 11 is 3.32. The summed E-state index contributed by atoms with van der Waals surface area (Å²) in [4.78, 5) is 4.27. The minimum absolute atomic E-state index is 0.267. The van der Waals surface area contributed by atoms with Gasteiger partial charge < -0.3 is 0 Å². The molecule has 5 nitrogen and oxygen atoms in total. The van der Waals surface area contributed by atoms with Crippen LogP contribution >= 0.6 is 15.9 Å². The van der Waals surface area contributed by atoms with Gasteiger partial charge in [-0.15, -0.1) is 0 Å². The van der Waals surface area contributed by atoms with Crippen molar-refractivity contribution in [2.45, 2.75) is 37.0 Å². The van der Waals surface area contributed by atoms with Crippen molar-refractivity contribution in [3.8, 4) is 0 Å². The highest BCUT2D eigenvalue weighted by Gasteiger charge is 2.35. The van der Waals surface area contributed by atoms with Crippen LogP contribution in [0, 0.1) is 0 Å². The van der Waals surface area contributed by atoms with Gasteiger partial charge in [0.15, 0.2) is 9.84 Å². The molecule has 1 aliphatic heterocycles. The van der Waals surface area contributed by atoms with E-state index in [0.717, 1.165) is 23.0 Å². The van der Waals surface area contributed by atoms with Crippen molar-refractivity contribution in [1.29, 1.82) is 0 Å². The Kier molecular flexibility index (Phi) is 4.94. The maximum absolute atomic E-state index is 12.1. The first-order valence-corrected chi connectivity index (χ1v) is 8.82. The number of halogens is 1. The fourth-order valence-electron chi connectivity index (χ4n) is 2.48. The molecule has 0 saturated carbocycles. The molecule has 0 radical (unpaired) electrons. The highest BCUT2D eigenvalue weighted by molar-refractivity contribution is 9.10. The number of nitrogens with one attached hydrogen (secondary N) is 1. The van der Waals surface area contributed by atoms with Crippen LogP contribution in [0.3, 0.4) is 0 Å². The van der Waals surface area contributed by atoms with E-state index < -0.39 is 15.1 Å². The zero-order valence-corrected chi connectivity index (χ0v) is 13.0. The van der Waals surface area contributed by atoms with E-state index in [9.17, 15) is 8.42 Å². The van der Waals surface area contributed by atoms with E-state index in [-0.39, 0.29) is 11.8 Å². The van der Waals surface area contributed by atoms with Crippen molar-refractivity contribution in [2.75, 3.05) is 5.75 Å². The molecule has 1 aromatic heterocycles. The summed E-state index contributed by atoms with van der Waals surface area (Å²) in [5.41, 5.74) is 3.50. The molecular weight excluding hydrogens is 330 g/mol. The smallest absolute Gasteiger partial charge is 0.154 e. The lowest BCUT2D eigenvalue weighted by atomic mass is 10.0. The maximum atomic E-state index is 12.1. The van der Waals surface area contributed by atoms with Crippen molar-refractivity contribution < 1.29 is 8.42 Å². The molecule has 106 valence electrons. The van der Waals surface area contributed by atoms with Crippen molar-refractivity contribution in [1.82, 2.24) is 10.4 Å². The monoisotopic (exact) mass is 347 g/mol. The standard InChI is InChI=1S/C12H18BrN3O2S/c13-9-4-5-10(15-8-9)7-11(16-14)12-3-1-2-6-19(12,17)18/h4-5,8,11-12,16H,1-3,6-7,14H2. The van der Waals surface area contributed by atoms with Gasteiger partial charge in [0.25, 0.3) is 0 Å². The molecule has 0 aliphatic carbocycles. The minimum Gasteiger partial charge on any atom is -0.271 e. The molecule has 19 heavy (non-hydrogen) atoms. The van der Waals surface area contributed by atoms with Gasteiger partial charge in [0, 0.05) is 28.8 Å². The first-order valence-electron chi connectivity index (χ1n) is 6.31. The number of nitrogens with two attached hydrogens (primary N) is 1. The van der Waals surface area contributed by atoms with Crippen LogP contribution < -0.4 is 11.3 Å². The summed E-state index contributed by atoms with van der Waals surface area (Å²) in [6.07, 6.45) is 4.60. The van der Waals surface area contributed by atoms with Gasteiger partial charge >= 0.3 is 0 Å². The molecule has 0 aromatic carbocycles. The second-order valence-corrected chi connectivity index (χ2v) is 8.10. The van der Waals surface area contributed by atoms with E-state index >= 15 is 0 Å². The van der Waals surface area contributed by atoms with Crippen LogP contribution in [-0.4, -0.2) is 30.4 Å². The number of nitrogens with zero attached hydrogens (tertiary/aromatic N) is 1. The molecule has 0 bridgehead atoms. The highest BCUT2D eigenvalue weighted by atomic mass is 79.9. The Bertz CT molecular complexity index is 518. The molecule has 1 aliphatic rings. The van der Waals surface area contributed by atoms with Crippen molar-refractivity contribution >= 4 is 25.8 Å². The molecule has 2 unspecified atom stereocenters. The fraction of sp³-hybridized carbons (Fsp3) is 0.583. The predicted molar refractivity (Wildman–Crippen MR) is 78.2 cm³/mol. The molecule has 1 fully saturated rings. The molecule has 0 amide bonds. The lowest BCUT2D eigenvalue weighted by Gasteiger charge is -2.29. The van der Waals surface area contributed by atoms with Gasteiger partial charge in [-0.05, 0) is 40.9 Å². The largest absolute Gasteiger partial charge is 0.271 e. The lowest BCUT2D eigenvalue weighted by molar-refractivity contribution is 0.438. The van der Waals surface area contributed by atoms with Crippen LogP contribution in [0.1, 0.15) is 25.0 Å². The van der Waals surface area contributed by atoms with Crippen molar-refractivity contribution in [3.63, 3.8) is 0 Å². The fourth-order valence-corrected chi connectivity index (χ4v) is 4.83. The molecule has 0 spiro atoms. The molecule has 7 heteroatoms. The van der Waals surface area contributed by atoms with Crippen LogP contribution in [0.15, 0.2) is 22.8 Å². The number of hydrogen-bond donors (Lipinski definition) is 2. The number of rotatable bonds is 4. The number of hydrazine groups is 1. The third-order valence-electron chi connectivity index (χ3n) is 3.51. The summed E-state index contributed by atoms with van der Waals surface area (Å²) in [6, 6.07) is 3.49. The van der Waals surface area contributed by atoms with E-state index in [1.807, 2.05) is 12.1 Å². The average molecular weight is 348 g/mol. The maximum Gasteiger partial charge on any atom is 0.154 e. The van der Waals surface area contributed by atoms with Crippen molar-refractivity contribution in [2.24, 2.45) is 5.84 Å².